The van der Waals surface area contributed by atoms with Crippen molar-refractivity contribution in [2.75, 3.05) is 18.1 Å². The van der Waals surface area contributed by atoms with Gasteiger partial charge in [0.15, 0.2) is 9.84 Å². The van der Waals surface area contributed by atoms with Crippen LogP contribution in [0.25, 0.3) is 0 Å². The predicted octanol–water partition coefficient (Wildman–Crippen LogP) is 2.37. The van der Waals surface area contributed by atoms with Crippen LogP contribution in [0.1, 0.15) is 52.4 Å². The Morgan fingerprint density at radius 3 is 2.24 bits per heavy atom. The first kappa shape index (κ1) is 15.0. The monoisotopic (exact) mass is 261 g/mol. The highest BCUT2D eigenvalue weighted by Crippen LogP contribution is 2.26. The lowest BCUT2D eigenvalue weighted by molar-refractivity contribution is 0.289. The zero-order chi connectivity index (χ0) is 12.7. The standard InChI is InChI=1S/C13H27NO2S/c1-3-10-17(15,16)11-9-14-13-7-5-12(4-2)6-8-13/h12-14H,3-11H2,1-2H3. The predicted molar refractivity (Wildman–Crippen MR) is 73.0 cm³/mol. The normalized spacial score (nSPS) is 26.0. The molecule has 1 N–H and O–H groups in total. The van der Waals surface area contributed by atoms with Gasteiger partial charge in [-0.1, -0.05) is 20.3 Å². The summed E-state index contributed by atoms with van der Waals surface area (Å²) in [6, 6.07) is 0.551. The molecule has 0 radical (unpaired) electrons. The van der Waals surface area contributed by atoms with Crippen LogP contribution in [0, 0.1) is 5.92 Å². The molecule has 1 aliphatic carbocycles. The first-order valence-corrected chi connectivity index (χ1v) is 8.83. The van der Waals surface area contributed by atoms with Crippen molar-refractivity contribution in [3.05, 3.63) is 0 Å². The molecule has 17 heavy (non-hydrogen) atoms. The van der Waals surface area contributed by atoms with E-state index < -0.39 is 9.84 Å². The average molecular weight is 261 g/mol. The molecule has 102 valence electrons. The van der Waals surface area contributed by atoms with Gasteiger partial charge >= 0.3 is 0 Å². The quantitative estimate of drug-likeness (QED) is 0.765. The fourth-order valence-electron chi connectivity index (χ4n) is 2.61. The molecule has 1 rings (SSSR count). The summed E-state index contributed by atoms with van der Waals surface area (Å²) >= 11 is 0. The van der Waals surface area contributed by atoms with Crippen LogP contribution in [0.5, 0.6) is 0 Å². The van der Waals surface area contributed by atoms with E-state index >= 15 is 0 Å². The molecule has 0 unspecified atom stereocenters. The second kappa shape index (κ2) is 7.37. The lowest BCUT2D eigenvalue weighted by atomic mass is 9.84. The van der Waals surface area contributed by atoms with Crippen molar-refractivity contribution < 1.29 is 8.42 Å². The maximum absolute atomic E-state index is 11.5. The van der Waals surface area contributed by atoms with E-state index in [0.29, 0.717) is 24.1 Å². The van der Waals surface area contributed by atoms with E-state index in [0.717, 1.165) is 12.3 Å². The molecule has 1 aliphatic rings. The third kappa shape index (κ3) is 5.87. The molecule has 0 saturated heterocycles. The summed E-state index contributed by atoms with van der Waals surface area (Å²) in [6.45, 7) is 4.80. The van der Waals surface area contributed by atoms with Crippen LogP contribution in [0.2, 0.25) is 0 Å². The first-order chi connectivity index (χ1) is 8.07. The maximum atomic E-state index is 11.5. The van der Waals surface area contributed by atoms with Crippen molar-refractivity contribution in [2.45, 2.75) is 58.4 Å². The second-order valence-corrected chi connectivity index (χ2v) is 7.54. The number of rotatable bonds is 7. The highest BCUT2D eigenvalue weighted by Gasteiger charge is 2.19. The maximum Gasteiger partial charge on any atom is 0.151 e. The lowest BCUT2D eigenvalue weighted by Crippen LogP contribution is -2.36. The van der Waals surface area contributed by atoms with Crippen LogP contribution in [-0.4, -0.2) is 32.5 Å². The van der Waals surface area contributed by atoms with Gasteiger partial charge in [0.25, 0.3) is 0 Å². The van der Waals surface area contributed by atoms with Crippen LogP contribution < -0.4 is 5.32 Å². The molecule has 0 aliphatic heterocycles. The smallest absolute Gasteiger partial charge is 0.151 e. The van der Waals surface area contributed by atoms with Gasteiger partial charge in [0.05, 0.1) is 5.75 Å². The third-order valence-electron chi connectivity index (χ3n) is 3.79. The van der Waals surface area contributed by atoms with Crippen LogP contribution in [0.15, 0.2) is 0 Å². The summed E-state index contributed by atoms with van der Waals surface area (Å²) in [5.74, 6) is 1.53. The van der Waals surface area contributed by atoms with Crippen molar-refractivity contribution >= 4 is 9.84 Å². The minimum Gasteiger partial charge on any atom is -0.313 e. The van der Waals surface area contributed by atoms with Crippen LogP contribution in [-0.2, 0) is 9.84 Å². The Labute approximate surface area is 106 Å². The Kier molecular flexibility index (Phi) is 6.49. The molecule has 0 aromatic rings. The van der Waals surface area contributed by atoms with Gasteiger partial charge in [0.1, 0.15) is 0 Å². The molecule has 0 amide bonds. The van der Waals surface area contributed by atoms with E-state index in [1.807, 2.05) is 6.92 Å². The number of sulfone groups is 1. The Morgan fingerprint density at radius 1 is 1.06 bits per heavy atom. The molecule has 0 heterocycles. The highest BCUT2D eigenvalue weighted by molar-refractivity contribution is 7.91. The fraction of sp³-hybridized carbons (Fsp3) is 1.00. The first-order valence-electron chi connectivity index (χ1n) is 7.01. The third-order valence-corrected chi connectivity index (χ3v) is 5.64. The molecule has 1 fully saturated rings. The van der Waals surface area contributed by atoms with Gasteiger partial charge in [0, 0.05) is 18.3 Å². The minimum absolute atomic E-state index is 0.300. The molecule has 0 bridgehead atoms. The number of nitrogens with one attached hydrogen (secondary N) is 1. The van der Waals surface area contributed by atoms with E-state index in [1.165, 1.54) is 32.1 Å². The van der Waals surface area contributed by atoms with E-state index in [-0.39, 0.29) is 0 Å². The molecule has 4 heteroatoms. The van der Waals surface area contributed by atoms with Crippen molar-refractivity contribution in [1.29, 1.82) is 0 Å². The molecule has 1 saturated carbocycles. The SMILES string of the molecule is CCCS(=O)(=O)CCNC1CCC(CC)CC1. The Bertz CT molecular complexity index is 293. The fourth-order valence-corrected chi connectivity index (χ4v) is 3.86. The second-order valence-electron chi connectivity index (χ2n) is 5.23. The van der Waals surface area contributed by atoms with Crippen molar-refractivity contribution in [2.24, 2.45) is 5.92 Å². The molecular weight excluding hydrogens is 234 g/mol. The lowest BCUT2D eigenvalue weighted by Gasteiger charge is -2.28. The molecule has 0 aromatic heterocycles. The minimum atomic E-state index is -2.81. The van der Waals surface area contributed by atoms with Crippen LogP contribution in [0.3, 0.4) is 0 Å². The Hall–Kier alpha value is -0.0900. The number of hydrogen-bond acceptors (Lipinski definition) is 3. The topological polar surface area (TPSA) is 46.2 Å². The van der Waals surface area contributed by atoms with Crippen molar-refractivity contribution in [3.63, 3.8) is 0 Å². The summed E-state index contributed by atoms with van der Waals surface area (Å²) in [5.41, 5.74) is 0. The van der Waals surface area contributed by atoms with Gasteiger partial charge in [-0.2, -0.15) is 0 Å². The van der Waals surface area contributed by atoms with Gasteiger partial charge in [-0.3, -0.25) is 0 Å². The van der Waals surface area contributed by atoms with Gasteiger partial charge < -0.3 is 5.32 Å². The summed E-state index contributed by atoms with van der Waals surface area (Å²) in [5, 5.41) is 3.40. The molecular formula is C13H27NO2S. The molecule has 0 spiro atoms. The van der Waals surface area contributed by atoms with Gasteiger partial charge in [-0.05, 0) is 38.0 Å². The van der Waals surface area contributed by atoms with Gasteiger partial charge in [0.2, 0.25) is 0 Å². The largest absolute Gasteiger partial charge is 0.313 e. The average Bonchev–Trinajstić information content (AvgIpc) is 2.29. The zero-order valence-corrected chi connectivity index (χ0v) is 12.1. The van der Waals surface area contributed by atoms with E-state index in [4.69, 9.17) is 0 Å². The Balaban J connectivity index is 2.16. The van der Waals surface area contributed by atoms with Gasteiger partial charge in [-0.15, -0.1) is 0 Å². The Morgan fingerprint density at radius 2 is 1.71 bits per heavy atom. The van der Waals surface area contributed by atoms with Crippen LogP contribution in [0.4, 0.5) is 0 Å². The summed E-state index contributed by atoms with van der Waals surface area (Å²) < 4.78 is 23.1. The van der Waals surface area contributed by atoms with Crippen molar-refractivity contribution in [1.82, 2.24) is 5.32 Å². The van der Waals surface area contributed by atoms with Crippen LogP contribution >= 0.6 is 0 Å². The summed E-state index contributed by atoms with van der Waals surface area (Å²) in [7, 11) is -2.81. The molecule has 3 nitrogen and oxygen atoms in total. The molecule has 0 aromatic carbocycles. The zero-order valence-electron chi connectivity index (χ0n) is 11.2. The van der Waals surface area contributed by atoms with Gasteiger partial charge in [-0.25, -0.2) is 8.42 Å². The van der Waals surface area contributed by atoms with E-state index in [1.54, 1.807) is 0 Å². The highest BCUT2D eigenvalue weighted by atomic mass is 32.2. The molecule has 0 atom stereocenters. The van der Waals surface area contributed by atoms with E-state index in [9.17, 15) is 8.42 Å². The summed E-state index contributed by atoms with van der Waals surface area (Å²) in [6.07, 6.45) is 7.05. The number of hydrogen-bond donors (Lipinski definition) is 1. The summed E-state index contributed by atoms with van der Waals surface area (Å²) in [4.78, 5) is 0. The van der Waals surface area contributed by atoms with Crippen molar-refractivity contribution in [3.8, 4) is 0 Å². The van der Waals surface area contributed by atoms with E-state index in [2.05, 4.69) is 12.2 Å².